The Balaban J connectivity index is 1.63. The lowest BCUT2D eigenvalue weighted by Gasteiger charge is -2.55. The molecule has 1 N–H and O–H groups in total. The first-order valence-electron chi connectivity index (χ1n) is 11.0. The lowest BCUT2D eigenvalue weighted by atomic mass is 9.49. The summed E-state index contributed by atoms with van der Waals surface area (Å²) in [5, 5.41) is 9.03. The predicted molar refractivity (Wildman–Crippen MR) is 102 cm³/mol. The molecule has 0 saturated heterocycles. The van der Waals surface area contributed by atoms with E-state index in [9.17, 15) is 14.0 Å². The molecule has 0 bridgehead atoms. The Kier molecular flexibility index (Phi) is 5.30. The molecule has 0 aromatic carbocycles. The number of fused-ring (bicyclic) bond motifs is 5. The van der Waals surface area contributed by atoms with Gasteiger partial charge in [0.25, 0.3) is 0 Å². The van der Waals surface area contributed by atoms with E-state index >= 15 is 0 Å². The molecule has 4 rings (SSSR count). The van der Waals surface area contributed by atoms with E-state index in [1.165, 1.54) is 5.57 Å². The van der Waals surface area contributed by atoms with E-state index < -0.39 is 6.17 Å². The van der Waals surface area contributed by atoms with Crippen molar-refractivity contribution in [2.75, 3.05) is 6.61 Å². The van der Waals surface area contributed by atoms with Gasteiger partial charge in [0.2, 0.25) is 0 Å². The summed E-state index contributed by atoms with van der Waals surface area (Å²) in [4.78, 5) is 24.6. The summed E-state index contributed by atoms with van der Waals surface area (Å²) in [5.41, 5.74) is 1.06. The van der Waals surface area contributed by atoms with Crippen LogP contribution < -0.4 is 0 Å². The summed E-state index contributed by atoms with van der Waals surface area (Å²) in [5.74, 6) is 2.66. The maximum atomic E-state index is 14.7. The van der Waals surface area contributed by atoms with Crippen LogP contribution in [0, 0.1) is 35.0 Å². The Labute approximate surface area is 161 Å². The fraction of sp³-hybridized carbons (Fsp3) is 0.826. The molecule has 4 aliphatic carbocycles. The fourth-order valence-corrected chi connectivity index (χ4v) is 7.15. The zero-order chi connectivity index (χ0) is 19.2. The van der Waals surface area contributed by atoms with Gasteiger partial charge in [-0.15, -0.1) is 0 Å². The number of hydrogen-bond acceptors (Lipinski definition) is 3. The molecule has 7 atom stereocenters. The third-order valence-electron chi connectivity index (χ3n) is 8.41. The van der Waals surface area contributed by atoms with E-state index in [1.807, 2.05) is 6.08 Å². The van der Waals surface area contributed by atoms with Crippen molar-refractivity contribution in [1.82, 2.24) is 0 Å². The van der Waals surface area contributed by atoms with E-state index in [1.54, 1.807) is 0 Å². The van der Waals surface area contributed by atoms with Crippen LogP contribution in [0.1, 0.15) is 71.1 Å². The average molecular weight is 377 g/mol. The number of hydrogen-bond donors (Lipinski definition) is 1. The number of aliphatic hydroxyl groups is 1. The van der Waals surface area contributed by atoms with Crippen molar-refractivity contribution in [3.8, 4) is 0 Å². The number of carbonyl (C=O) groups is 2. The normalized spacial score (nSPS) is 42.2. The number of halogens is 1. The molecular formula is C23H33FO3. The average Bonchev–Trinajstić information content (AvgIpc) is 2.94. The quantitative estimate of drug-likeness (QED) is 0.772. The fourth-order valence-electron chi connectivity index (χ4n) is 7.15. The van der Waals surface area contributed by atoms with Crippen molar-refractivity contribution in [2.45, 2.75) is 77.3 Å². The van der Waals surface area contributed by atoms with Crippen LogP contribution in [0.3, 0.4) is 0 Å². The zero-order valence-corrected chi connectivity index (χ0v) is 16.5. The van der Waals surface area contributed by atoms with Crippen molar-refractivity contribution in [3.05, 3.63) is 11.6 Å². The molecule has 27 heavy (non-hydrogen) atoms. The van der Waals surface area contributed by atoms with Crippen LogP contribution in [0.4, 0.5) is 4.39 Å². The number of ketones is 2. The van der Waals surface area contributed by atoms with Gasteiger partial charge in [0.15, 0.2) is 5.78 Å². The molecule has 0 aliphatic heterocycles. The smallest absolute Gasteiger partial charge is 0.155 e. The van der Waals surface area contributed by atoms with Crippen LogP contribution in [-0.4, -0.2) is 29.5 Å². The number of rotatable bonds is 5. The Morgan fingerprint density at radius 3 is 2.85 bits per heavy atom. The first-order valence-corrected chi connectivity index (χ1v) is 11.0. The summed E-state index contributed by atoms with van der Waals surface area (Å²) in [6.07, 6.45) is 8.48. The minimum atomic E-state index is -0.899. The van der Waals surface area contributed by atoms with Crippen molar-refractivity contribution >= 4 is 11.6 Å². The summed E-state index contributed by atoms with van der Waals surface area (Å²) in [7, 11) is 0. The summed E-state index contributed by atoms with van der Waals surface area (Å²) >= 11 is 0. The molecule has 0 aromatic heterocycles. The Morgan fingerprint density at radius 1 is 1.26 bits per heavy atom. The third-order valence-corrected chi connectivity index (χ3v) is 8.41. The number of carbonyl (C=O) groups excluding carboxylic acids is 2. The van der Waals surface area contributed by atoms with E-state index in [2.05, 4.69) is 6.92 Å². The molecule has 3 fully saturated rings. The maximum Gasteiger partial charge on any atom is 0.155 e. The zero-order valence-electron chi connectivity index (χ0n) is 16.5. The second kappa shape index (κ2) is 7.42. The van der Waals surface area contributed by atoms with E-state index in [0.717, 1.165) is 32.1 Å². The summed E-state index contributed by atoms with van der Waals surface area (Å²) in [6, 6.07) is 0. The molecule has 0 amide bonds. The van der Waals surface area contributed by atoms with Gasteiger partial charge in [-0.3, -0.25) is 9.59 Å². The summed E-state index contributed by atoms with van der Waals surface area (Å²) < 4.78 is 14.7. The summed E-state index contributed by atoms with van der Waals surface area (Å²) in [6.45, 7) is 2.20. The van der Waals surface area contributed by atoms with Gasteiger partial charge >= 0.3 is 0 Å². The minimum Gasteiger partial charge on any atom is -0.396 e. The van der Waals surface area contributed by atoms with Crippen molar-refractivity contribution < 1.29 is 19.1 Å². The lowest BCUT2D eigenvalue weighted by molar-refractivity contribution is -0.132. The van der Waals surface area contributed by atoms with Gasteiger partial charge in [0.1, 0.15) is 12.0 Å². The van der Waals surface area contributed by atoms with E-state index in [0.29, 0.717) is 61.6 Å². The molecule has 4 heteroatoms. The van der Waals surface area contributed by atoms with Crippen LogP contribution in [0.5, 0.6) is 0 Å². The van der Waals surface area contributed by atoms with Crippen LogP contribution in [0.25, 0.3) is 0 Å². The molecule has 0 heterocycles. The molecule has 4 aliphatic rings. The number of alkyl halides is 1. The number of allylic oxidation sites excluding steroid dienone is 1. The maximum absolute atomic E-state index is 14.7. The highest BCUT2D eigenvalue weighted by molar-refractivity contribution is 5.91. The van der Waals surface area contributed by atoms with E-state index in [-0.39, 0.29) is 23.7 Å². The van der Waals surface area contributed by atoms with Crippen LogP contribution in [0.15, 0.2) is 11.6 Å². The highest BCUT2D eigenvalue weighted by Crippen LogP contribution is 2.62. The van der Waals surface area contributed by atoms with Crippen molar-refractivity contribution in [1.29, 1.82) is 0 Å². The number of aliphatic hydroxyl groups excluding tert-OH is 1. The highest BCUT2D eigenvalue weighted by atomic mass is 19.1. The number of Topliss-reactive ketones (excluding diaryl/α,β-unsaturated/α-hetero) is 1. The molecule has 0 radical (unpaired) electrons. The molecule has 1 unspecified atom stereocenters. The van der Waals surface area contributed by atoms with E-state index in [4.69, 9.17) is 5.11 Å². The van der Waals surface area contributed by atoms with Crippen LogP contribution >= 0.6 is 0 Å². The van der Waals surface area contributed by atoms with Crippen LogP contribution in [-0.2, 0) is 9.59 Å². The molecule has 3 saturated carbocycles. The Morgan fingerprint density at radius 2 is 2.07 bits per heavy atom. The predicted octanol–water partition coefficient (Wildman–Crippen LogP) is 4.42. The minimum absolute atomic E-state index is 0.0358. The Hall–Kier alpha value is -1.03. The molecular weight excluding hydrogens is 343 g/mol. The largest absolute Gasteiger partial charge is 0.396 e. The van der Waals surface area contributed by atoms with Gasteiger partial charge in [-0.2, -0.15) is 0 Å². The van der Waals surface area contributed by atoms with Crippen molar-refractivity contribution in [2.24, 2.45) is 35.0 Å². The topological polar surface area (TPSA) is 54.4 Å². The van der Waals surface area contributed by atoms with Gasteiger partial charge in [-0.1, -0.05) is 12.5 Å². The third kappa shape index (κ3) is 3.32. The molecule has 3 nitrogen and oxygen atoms in total. The SMILES string of the molecule is C[C@]12CC[C@H]3[C@@H]([C@H](CC(F)CCCO)CC4=CC(=O)CC[C@@H]43)[C@@H]1CCC2=O. The first kappa shape index (κ1) is 19.3. The standard InChI is InChI=1S/C23H33FO3/c1-23-9-8-19-18-5-4-17(26)13-14(18)11-15(12-16(24)3-2-10-25)22(19)20(23)6-7-21(23)27/h13,15-16,18-20,22,25H,2-12H2,1H3/t15-,16?,18-,19+,20-,22+,23-/m0/s1. The second-order valence-corrected chi connectivity index (χ2v) is 9.76. The van der Waals surface area contributed by atoms with Gasteiger partial charge in [-0.05, 0) is 87.0 Å². The highest BCUT2D eigenvalue weighted by Gasteiger charge is 2.58. The monoisotopic (exact) mass is 376 g/mol. The van der Waals surface area contributed by atoms with Crippen molar-refractivity contribution in [3.63, 3.8) is 0 Å². The van der Waals surface area contributed by atoms with Crippen LogP contribution in [0.2, 0.25) is 0 Å². The molecule has 150 valence electrons. The second-order valence-electron chi connectivity index (χ2n) is 9.76. The lowest BCUT2D eigenvalue weighted by Crippen LogP contribution is -2.50. The van der Waals surface area contributed by atoms with Gasteiger partial charge in [0, 0.05) is 24.9 Å². The first-order chi connectivity index (χ1) is 12.9. The molecule has 0 spiro atoms. The van der Waals surface area contributed by atoms with Gasteiger partial charge in [0.05, 0.1) is 0 Å². The van der Waals surface area contributed by atoms with Gasteiger partial charge < -0.3 is 5.11 Å². The Bertz CT molecular complexity index is 642. The van der Waals surface area contributed by atoms with Gasteiger partial charge in [-0.25, -0.2) is 4.39 Å². The molecule has 0 aromatic rings.